The minimum Gasteiger partial charge on any atom is -0.399 e. The zero-order valence-electron chi connectivity index (χ0n) is 13.5. The third kappa shape index (κ3) is 2.68. The summed E-state index contributed by atoms with van der Waals surface area (Å²) in [6, 6.07) is 22.5. The molecule has 0 atom stereocenters. The molecule has 0 bridgehead atoms. The highest BCUT2D eigenvalue weighted by molar-refractivity contribution is 6.34. The monoisotopic (exact) mass is 328 g/mol. The van der Waals surface area contributed by atoms with Gasteiger partial charge in [0.2, 0.25) is 0 Å². The molecule has 122 valence electrons. The minimum absolute atomic E-state index is 0.309. The Labute approximate surface area is 145 Å². The van der Waals surface area contributed by atoms with Crippen molar-refractivity contribution in [3.63, 3.8) is 0 Å². The highest BCUT2D eigenvalue weighted by Crippen LogP contribution is 2.30. The molecule has 2 N–H and O–H groups in total. The number of hydrogen-bond donors (Lipinski definition) is 1. The van der Waals surface area contributed by atoms with Gasteiger partial charge in [0.1, 0.15) is 0 Å². The number of carbonyl (C=O) groups is 2. The molecule has 0 saturated heterocycles. The fourth-order valence-corrected chi connectivity index (χ4v) is 3.09. The van der Waals surface area contributed by atoms with Crippen LogP contribution in [0.4, 0.5) is 11.4 Å². The van der Waals surface area contributed by atoms with Gasteiger partial charge in [-0.2, -0.15) is 0 Å². The molecule has 4 nitrogen and oxygen atoms in total. The number of nitrogen functional groups attached to an aromatic ring is 1. The second kappa shape index (κ2) is 5.91. The molecule has 1 heterocycles. The molecule has 1 aliphatic heterocycles. The van der Waals surface area contributed by atoms with Crippen molar-refractivity contribution >= 4 is 23.2 Å². The molecule has 0 aromatic heterocycles. The minimum atomic E-state index is -0.330. The van der Waals surface area contributed by atoms with Gasteiger partial charge < -0.3 is 5.73 Å². The lowest BCUT2D eigenvalue weighted by Crippen LogP contribution is -2.29. The quantitative estimate of drug-likeness (QED) is 0.589. The summed E-state index contributed by atoms with van der Waals surface area (Å²) < 4.78 is 0. The Morgan fingerprint density at radius 3 is 2.08 bits per heavy atom. The van der Waals surface area contributed by atoms with Crippen LogP contribution in [-0.4, -0.2) is 11.8 Å². The van der Waals surface area contributed by atoms with Crippen LogP contribution in [0.3, 0.4) is 0 Å². The Hall–Kier alpha value is -3.40. The van der Waals surface area contributed by atoms with Crippen molar-refractivity contribution in [3.05, 3.63) is 95.1 Å². The van der Waals surface area contributed by atoms with E-state index >= 15 is 0 Å². The van der Waals surface area contributed by atoms with Crippen LogP contribution in [0.2, 0.25) is 0 Å². The number of nitrogens with zero attached hydrogens (tertiary/aromatic N) is 1. The molecule has 2 amide bonds. The second-order valence-electron chi connectivity index (χ2n) is 6.08. The van der Waals surface area contributed by atoms with E-state index in [0.29, 0.717) is 22.5 Å². The Morgan fingerprint density at radius 2 is 1.36 bits per heavy atom. The first kappa shape index (κ1) is 15.1. The van der Waals surface area contributed by atoms with Gasteiger partial charge in [-0.1, -0.05) is 42.5 Å². The van der Waals surface area contributed by atoms with E-state index in [1.165, 1.54) is 10.5 Å². The standard InChI is InChI=1S/C21H16N2O2/c22-16-8-11-18-19(13-16)21(25)23(20(18)24)17-9-6-15(7-10-17)12-14-4-2-1-3-5-14/h1-11,13H,12,22H2. The maximum absolute atomic E-state index is 12.6. The highest BCUT2D eigenvalue weighted by Gasteiger charge is 2.36. The number of nitrogens with two attached hydrogens (primary N) is 1. The Kier molecular flexibility index (Phi) is 3.58. The summed E-state index contributed by atoms with van der Waals surface area (Å²) in [5, 5.41) is 0. The Morgan fingerprint density at radius 1 is 0.720 bits per heavy atom. The Balaban J connectivity index is 1.61. The number of imide groups is 1. The smallest absolute Gasteiger partial charge is 0.266 e. The maximum atomic E-state index is 12.6. The number of amides is 2. The SMILES string of the molecule is Nc1ccc2c(c1)C(=O)N(c1ccc(Cc3ccccc3)cc1)C2=O. The van der Waals surface area contributed by atoms with Crippen molar-refractivity contribution in [1.29, 1.82) is 0 Å². The van der Waals surface area contributed by atoms with Crippen molar-refractivity contribution in [2.75, 3.05) is 10.6 Å². The van der Waals surface area contributed by atoms with E-state index in [9.17, 15) is 9.59 Å². The number of carbonyl (C=O) groups excluding carboxylic acids is 2. The fraction of sp³-hybridized carbons (Fsp3) is 0.0476. The molecule has 0 radical (unpaired) electrons. The summed E-state index contributed by atoms with van der Waals surface area (Å²) >= 11 is 0. The van der Waals surface area contributed by atoms with Gasteiger partial charge in [-0.3, -0.25) is 9.59 Å². The lowest BCUT2D eigenvalue weighted by atomic mass is 10.0. The third-order valence-corrected chi connectivity index (χ3v) is 4.36. The van der Waals surface area contributed by atoms with Gasteiger partial charge in [0, 0.05) is 5.69 Å². The summed E-state index contributed by atoms with van der Waals surface area (Å²) in [4.78, 5) is 26.3. The predicted octanol–water partition coefficient (Wildman–Crippen LogP) is 3.66. The number of benzene rings is 3. The summed E-state index contributed by atoms with van der Waals surface area (Å²) in [7, 11) is 0. The van der Waals surface area contributed by atoms with Crippen molar-refractivity contribution in [2.24, 2.45) is 0 Å². The molecule has 0 saturated carbocycles. The third-order valence-electron chi connectivity index (χ3n) is 4.36. The molecular formula is C21H16N2O2. The van der Waals surface area contributed by atoms with E-state index in [2.05, 4.69) is 12.1 Å². The van der Waals surface area contributed by atoms with E-state index in [1.807, 2.05) is 42.5 Å². The maximum Gasteiger partial charge on any atom is 0.266 e. The van der Waals surface area contributed by atoms with E-state index in [4.69, 9.17) is 5.73 Å². The Bertz CT molecular complexity index is 963. The van der Waals surface area contributed by atoms with Gasteiger partial charge in [-0.15, -0.1) is 0 Å². The second-order valence-corrected chi connectivity index (χ2v) is 6.08. The van der Waals surface area contributed by atoms with Crippen molar-refractivity contribution in [2.45, 2.75) is 6.42 Å². The number of fused-ring (bicyclic) bond motifs is 1. The van der Waals surface area contributed by atoms with E-state index in [0.717, 1.165) is 12.0 Å². The number of hydrogen-bond acceptors (Lipinski definition) is 3. The highest BCUT2D eigenvalue weighted by atomic mass is 16.2. The predicted molar refractivity (Wildman–Crippen MR) is 97.7 cm³/mol. The molecule has 0 fully saturated rings. The van der Waals surface area contributed by atoms with Crippen LogP contribution >= 0.6 is 0 Å². The molecule has 3 aromatic carbocycles. The van der Waals surface area contributed by atoms with Gasteiger partial charge in [0.15, 0.2) is 0 Å². The van der Waals surface area contributed by atoms with Gasteiger partial charge in [0.25, 0.3) is 11.8 Å². The molecular weight excluding hydrogens is 312 g/mol. The molecule has 0 aliphatic carbocycles. The van der Waals surface area contributed by atoms with E-state index in [-0.39, 0.29) is 11.8 Å². The summed E-state index contributed by atoms with van der Waals surface area (Å²) in [5.41, 5.74) is 9.87. The molecule has 0 spiro atoms. The van der Waals surface area contributed by atoms with Crippen molar-refractivity contribution < 1.29 is 9.59 Å². The first-order chi connectivity index (χ1) is 12.1. The van der Waals surface area contributed by atoms with E-state index in [1.54, 1.807) is 18.2 Å². The summed E-state index contributed by atoms with van der Waals surface area (Å²) in [6.07, 6.45) is 0.805. The van der Waals surface area contributed by atoms with Gasteiger partial charge in [-0.25, -0.2) is 4.90 Å². The van der Waals surface area contributed by atoms with Gasteiger partial charge in [-0.05, 0) is 47.9 Å². The molecule has 4 rings (SSSR count). The van der Waals surface area contributed by atoms with Crippen LogP contribution in [0, 0.1) is 0 Å². The van der Waals surface area contributed by atoms with E-state index < -0.39 is 0 Å². The number of rotatable bonds is 3. The largest absolute Gasteiger partial charge is 0.399 e. The van der Waals surface area contributed by atoms with Crippen LogP contribution in [0.1, 0.15) is 31.8 Å². The summed E-state index contributed by atoms with van der Waals surface area (Å²) in [5.74, 6) is -0.640. The lowest BCUT2D eigenvalue weighted by Gasteiger charge is -2.14. The van der Waals surface area contributed by atoms with Crippen LogP contribution in [0.15, 0.2) is 72.8 Å². The summed E-state index contributed by atoms with van der Waals surface area (Å²) in [6.45, 7) is 0. The molecule has 4 heteroatoms. The number of anilines is 2. The van der Waals surface area contributed by atoms with Crippen LogP contribution in [0.25, 0.3) is 0 Å². The van der Waals surface area contributed by atoms with Crippen molar-refractivity contribution in [3.8, 4) is 0 Å². The first-order valence-electron chi connectivity index (χ1n) is 8.04. The van der Waals surface area contributed by atoms with Gasteiger partial charge in [0.05, 0.1) is 16.8 Å². The van der Waals surface area contributed by atoms with Crippen molar-refractivity contribution in [1.82, 2.24) is 0 Å². The fourth-order valence-electron chi connectivity index (χ4n) is 3.09. The first-order valence-corrected chi connectivity index (χ1v) is 8.04. The van der Waals surface area contributed by atoms with Crippen LogP contribution < -0.4 is 10.6 Å². The molecule has 3 aromatic rings. The average Bonchev–Trinajstić information content (AvgIpc) is 2.87. The lowest BCUT2D eigenvalue weighted by molar-refractivity contribution is 0.0926. The molecule has 0 unspecified atom stereocenters. The average molecular weight is 328 g/mol. The van der Waals surface area contributed by atoms with Crippen LogP contribution in [0.5, 0.6) is 0 Å². The normalized spacial score (nSPS) is 13.2. The van der Waals surface area contributed by atoms with Gasteiger partial charge >= 0.3 is 0 Å². The zero-order chi connectivity index (χ0) is 17.4. The topological polar surface area (TPSA) is 63.4 Å². The molecule has 1 aliphatic rings. The van der Waals surface area contributed by atoms with Crippen LogP contribution in [-0.2, 0) is 6.42 Å². The zero-order valence-corrected chi connectivity index (χ0v) is 13.5. The molecule has 25 heavy (non-hydrogen) atoms.